The fraction of sp³-hybridized carbons (Fsp3) is 0.267. The first-order valence-corrected chi connectivity index (χ1v) is 6.23. The maximum atomic E-state index is 12.5. The molecule has 0 unspecified atom stereocenters. The number of hydrogen-bond acceptors (Lipinski definition) is 3. The summed E-state index contributed by atoms with van der Waals surface area (Å²) >= 11 is 0. The van der Waals surface area contributed by atoms with Crippen molar-refractivity contribution in [2.45, 2.75) is 12.8 Å². The second kappa shape index (κ2) is 3.25. The fourth-order valence-electron chi connectivity index (χ4n) is 3.35. The molecule has 2 bridgehead atoms. The molecule has 0 aliphatic heterocycles. The van der Waals surface area contributed by atoms with Gasteiger partial charge in [-0.3, -0.25) is 14.6 Å². The van der Waals surface area contributed by atoms with E-state index in [4.69, 9.17) is 0 Å². The van der Waals surface area contributed by atoms with Crippen molar-refractivity contribution in [3.8, 4) is 0 Å². The van der Waals surface area contributed by atoms with E-state index >= 15 is 0 Å². The van der Waals surface area contributed by atoms with Crippen LogP contribution in [0.3, 0.4) is 0 Å². The molecule has 18 heavy (non-hydrogen) atoms. The van der Waals surface area contributed by atoms with E-state index < -0.39 is 0 Å². The molecule has 1 aromatic rings. The zero-order valence-electron chi connectivity index (χ0n) is 9.72. The number of fused-ring (bicyclic) bond motifs is 2. The summed E-state index contributed by atoms with van der Waals surface area (Å²) in [6.45, 7) is 0. The largest absolute Gasteiger partial charge is 0.289 e. The Labute approximate surface area is 104 Å². The van der Waals surface area contributed by atoms with Crippen molar-refractivity contribution < 1.29 is 9.59 Å². The Morgan fingerprint density at radius 1 is 0.944 bits per heavy atom. The first kappa shape index (κ1) is 9.95. The number of allylic oxidation sites excluding steroid dienone is 4. The number of carbonyl (C=O) groups excluding carboxylic acids is 2. The van der Waals surface area contributed by atoms with Gasteiger partial charge in [-0.05, 0) is 18.9 Å². The first-order valence-electron chi connectivity index (χ1n) is 6.23. The van der Waals surface area contributed by atoms with Gasteiger partial charge in [0.25, 0.3) is 0 Å². The van der Waals surface area contributed by atoms with Gasteiger partial charge in [0.2, 0.25) is 0 Å². The van der Waals surface area contributed by atoms with Crippen LogP contribution in [0, 0.1) is 11.8 Å². The van der Waals surface area contributed by atoms with Gasteiger partial charge >= 0.3 is 0 Å². The Bertz CT molecular complexity index is 599. The van der Waals surface area contributed by atoms with E-state index in [9.17, 15) is 9.59 Å². The van der Waals surface area contributed by atoms with Crippen molar-refractivity contribution in [2.75, 3.05) is 0 Å². The normalized spacial score (nSPS) is 28.4. The molecule has 0 fully saturated rings. The van der Waals surface area contributed by atoms with Crippen LogP contribution in [0.25, 0.3) is 0 Å². The van der Waals surface area contributed by atoms with Gasteiger partial charge in [0.15, 0.2) is 11.6 Å². The molecular formula is C15H11NO2. The minimum Gasteiger partial charge on any atom is -0.289 e. The highest BCUT2D eigenvalue weighted by atomic mass is 16.1. The lowest BCUT2D eigenvalue weighted by Gasteiger charge is -2.37. The molecule has 0 saturated heterocycles. The SMILES string of the molecule is O=C1C2=C(C(=O)c3cnccc31)[C@@H]1C=C[C@@H]2CC1. The van der Waals surface area contributed by atoms with E-state index in [0.717, 1.165) is 24.0 Å². The van der Waals surface area contributed by atoms with Crippen molar-refractivity contribution in [1.82, 2.24) is 4.98 Å². The van der Waals surface area contributed by atoms with Crippen molar-refractivity contribution in [1.29, 1.82) is 0 Å². The first-order chi connectivity index (χ1) is 8.77. The van der Waals surface area contributed by atoms with Gasteiger partial charge in [0.05, 0.1) is 5.56 Å². The molecule has 4 aliphatic rings. The summed E-state index contributed by atoms with van der Waals surface area (Å²) in [7, 11) is 0. The summed E-state index contributed by atoms with van der Waals surface area (Å²) < 4.78 is 0. The summed E-state index contributed by atoms with van der Waals surface area (Å²) in [4.78, 5) is 29.0. The molecule has 5 rings (SSSR count). The fourth-order valence-corrected chi connectivity index (χ4v) is 3.35. The lowest BCUT2D eigenvalue weighted by molar-refractivity contribution is 0.0949. The third-order valence-electron chi connectivity index (χ3n) is 4.20. The lowest BCUT2D eigenvalue weighted by Crippen LogP contribution is -2.34. The molecule has 2 atom stereocenters. The van der Waals surface area contributed by atoms with Gasteiger partial charge in [0.1, 0.15) is 0 Å². The molecule has 1 heterocycles. The number of ketones is 2. The number of Topliss-reactive ketones (excluding diaryl/α,β-unsaturated/α-hetero) is 2. The minimum atomic E-state index is 0.00625. The minimum absolute atomic E-state index is 0.00625. The quantitative estimate of drug-likeness (QED) is 0.651. The van der Waals surface area contributed by atoms with Crippen LogP contribution in [-0.4, -0.2) is 16.6 Å². The van der Waals surface area contributed by atoms with Gasteiger partial charge in [-0.15, -0.1) is 0 Å². The predicted molar refractivity (Wildman–Crippen MR) is 65.3 cm³/mol. The van der Waals surface area contributed by atoms with E-state index in [1.165, 1.54) is 6.20 Å². The molecule has 3 heteroatoms. The van der Waals surface area contributed by atoms with E-state index in [1.54, 1.807) is 12.3 Å². The van der Waals surface area contributed by atoms with Gasteiger partial charge in [-0.25, -0.2) is 0 Å². The van der Waals surface area contributed by atoms with Crippen LogP contribution in [0.5, 0.6) is 0 Å². The standard InChI is InChI=1S/C15H11NO2/c17-14-10-5-6-16-7-11(10)15(18)13-9-3-1-8(2-4-9)12(13)14/h1,3,5-9H,2,4H2/t8-,9-/m1/s1. The molecule has 1 aromatic heterocycles. The Morgan fingerprint density at radius 2 is 1.56 bits per heavy atom. The smallest absolute Gasteiger partial charge is 0.192 e. The summed E-state index contributed by atoms with van der Waals surface area (Å²) in [5.74, 6) is 0.311. The topological polar surface area (TPSA) is 47.0 Å². The van der Waals surface area contributed by atoms with Crippen molar-refractivity contribution in [3.05, 3.63) is 52.9 Å². The Balaban J connectivity index is 1.99. The van der Waals surface area contributed by atoms with Crippen LogP contribution in [0.1, 0.15) is 33.6 Å². The maximum absolute atomic E-state index is 12.5. The van der Waals surface area contributed by atoms with Crippen LogP contribution in [0.15, 0.2) is 41.8 Å². The summed E-state index contributed by atoms with van der Waals surface area (Å²) in [6, 6.07) is 1.66. The summed E-state index contributed by atoms with van der Waals surface area (Å²) in [5.41, 5.74) is 2.48. The molecule has 88 valence electrons. The Morgan fingerprint density at radius 3 is 2.17 bits per heavy atom. The van der Waals surface area contributed by atoms with Crippen molar-refractivity contribution in [3.63, 3.8) is 0 Å². The maximum Gasteiger partial charge on any atom is 0.192 e. The molecule has 0 N–H and O–H groups in total. The molecular weight excluding hydrogens is 226 g/mol. The van der Waals surface area contributed by atoms with E-state index in [2.05, 4.69) is 17.1 Å². The number of carbonyl (C=O) groups is 2. The van der Waals surface area contributed by atoms with Crippen LogP contribution < -0.4 is 0 Å². The lowest BCUT2D eigenvalue weighted by atomic mass is 9.65. The van der Waals surface area contributed by atoms with E-state index in [0.29, 0.717) is 11.1 Å². The highest BCUT2D eigenvalue weighted by Crippen LogP contribution is 2.45. The van der Waals surface area contributed by atoms with Crippen LogP contribution in [-0.2, 0) is 0 Å². The van der Waals surface area contributed by atoms with E-state index in [1.807, 2.05) is 0 Å². The second-order valence-electron chi connectivity index (χ2n) is 5.08. The highest BCUT2D eigenvalue weighted by Gasteiger charge is 2.42. The molecule has 3 nitrogen and oxygen atoms in total. The zero-order valence-corrected chi connectivity index (χ0v) is 9.72. The van der Waals surface area contributed by atoms with Crippen molar-refractivity contribution >= 4 is 11.6 Å². The van der Waals surface area contributed by atoms with Gasteiger partial charge < -0.3 is 0 Å². The van der Waals surface area contributed by atoms with Crippen LogP contribution in [0.4, 0.5) is 0 Å². The average molecular weight is 237 g/mol. The summed E-state index contributed by atoms with van der Waals surface area (Å²) in [6.07, 6.45) is 9.23. The third kappa shape index (κ3) is 1.07. The monoisotopic (exact) mass is 237 g/mol. The number of pyridine rings is 1. The number of hydrogen-bond donors (Lipinski definition) is 0. The van der Waals surface area contributed by atoms with Gasteiger partial charge in [-0.2, -0.15) is 0 Å². The Hall–Kier alpha value is -2.03. The highest BCUT2D eigenvalue weighted by molar-refractivity contribution is 6.27. The third-order valence-corrected chi connectivity index (χ3v) is 4.20. The number of nitrogens with zero attached hydrogens (tertiary/aromatic N) is 1. The number of aromatic nitrogens is 1. The van der Waals surface area contributed by atoms with Gasteiger partial charge in [-0.1, -0.05) is 12.2 Å². The Kier molecular flexibility index (Phi) is 1.80. The van der Waals surface area contributed by atoms with Crippen molar-refractivity contribution in [2.24, 2.45) is 11.8 Å². The average Bonchev–Trinajstić information content (AvgIpc) is 2.45. The summed E-state index contributed by atoms with van der Waals surface area (Å²) in [5, 5.41) is 0. The van der Waals surface area contributed by atoms with Crippen LogP contribution in [0.2, 0.25) is 0 Å². The molecule has 0 amide bonds. The predicted octanol–water partition coefficient (Wildman–Crippen LogP) is 2.35. The molecule has 0 spiro atoms. The zero-order chi connectivity index (χ0) is 12.3. The van der Waals surface area contributed by atoms with E-state index in [-0.39, 0.29) is 23.4 Å². The molecule has 4 aliphatic carbocycles. The molecule has 0 saturated carbocycles. The molecule has 0 aromatic carbocycles. The van der Waals surface area contributed by atoms with Crippen LogP contribution >= 0.6 is 0 Å². The van der Waals surface area contributed by atoms with Gasteiger partial charge in [0, 0.05) is 40.9 Å². The molecule has 0 radical (unpaired) electrons. The second-order valence-corrected chi connectivity index (χ2v) is 5.08. The number of rotatable bonds is 0.